The van der Waals surface area contributed by atoms with E-state index in [0.29, 0.717) is 12.2 Å². The second-order valence-electron chi connectivity index (χ2n) is 3.18. The largest absolute Gasteiger partial charge is 0.484 e. The molecule has 0 aliphatic carbocycles. The molecule has 0 saturated carbocycles. The number of imide groups is 1. The maximum absolute atomic E-state index is 11.0. The van der Waals surface area contributed by atoms with E-state index >= 15 is 0 Å². The highest BCUT2D eigenvalue weighted by atomic mass is 16.5. The Hall–Kier alpha value is -2.55. The lowest BCUT2D eigenvalue weighted by Crippen LogP contribution is -2.38. The highest BCUT2D eigenvalue weighted by Gasteiger charge is 2.04. The Kier molecular flexibility index (Phi) is 4.51. The summed E-state index contributed by atoms with van der Waals surface area (Å²) in [5.74, 6) is -0.134. The molecular weight excluding hydrogens is 222 g/mol. The zero-order valence-corrected chi connectivity index (χ0v) is 8.97. The molecule has 0 bridgehead atoms. The number of nitriles is 1. The predicted octanol–water partition coefficient (Wildman–Crippen LogP) is 0.326. The highest BCUT2D eigenvalue weighted by molar-refractivity contribution is 5.94. The smallest absolute Gasteiger partial charge is 0.318 e. The SMILES string of the molecule is N#CCc1ccc(OCC(=O)NC(N)=O)cc1. The average molecular weight is 233 g/mol. The minimum atomic E-state index is -0.914. The van der Waals surface area contributed by atoms with Crippen molar-refractivity contribution in [1.82, 2.24) is 5.32 Å². The number of urea groups is 1. The van der Waals surface area contributed by atoms with Crippen molar-refractivity contribution >= 4 is 11.9 Å². The average Bonchev–Trinajstić information content (AvgIpc) is 2.28. The van der Waals surface area contributed by atoms with Gasteiger partial charge in [0.2, 0.25) is 0 Å². The number of hydrogen-bond donors (Lipinski definition) is 2. The lowest BCUT2D eigenvalue weighted by Gasteiger charge is -2.05. The number of nitrogens with two attached hydrogens (primary N) is 1. The van der Waals surface area contributed by atoms with E-state index in [1.165, 1.54) is 0 Å². The number of hydrogen-bond acceptors (Lipinski definition) is 4. The van der Waals surface area contributed by atoms with Crippen molar-refractivity contribution in [3.05, 3.63) is 29.8 Å². The van der Waals surface area contributed by atoms with E-state index in [-0.39, 0.29) is 6.61 Å². The predicted molar refractivity (Wildman–Crippen MR) is 59.0 cm³/mol. The Morgan fingerprint density at radius 3 is 2.53 bits per heavy atom. The van der Waals surface area contributed by atoms with Crippen molar-refractivity contribution in [3.8, 4) is 11.8 Å². The van der Waals surface area contributed by atoms with E-state index < -0.39 is 11.9 Å². The van der Waals surface area contributed by atoms with Gasteiger partial charge in [-0.1, -0.05) is 12.1 Å². The molecule has 0 atom stereocenters. The standard InChI is InChI=1S/C11H11N3O3/c12-6-5-8-1-3-9(4-2-8)17-7-10(15)14-11(13)16/h1-4H,5,7H2,(H3,13,14,15,16). The summed E-state index contributed by atoms with van der Waals surface area (Å²) in [5.41, 5.74) is 5.62. The topological polar surface area (TPSA) is 105 Å². The Labute approximate surface area is 98.0 Å². The molecule has 0 spiro atoms. The quantitative estimate of drug-likeness (QED) is 0.781. The van der Waals surface area contributed by atoms with Gasteiger partial charge in [-0.15, -0.1) is 0 Å². The molecule has 1 aromatic rings. The van der Waals surface area contributed by atoms with Crippen LogP contribution in [-0.2, 0) is 11.2 Å². The van der Waals surface area contributed by atoms with E-state index in [0.717, 1.165) is 5.56 Å². The van der Waals surface area contributed by atoms with Gasteiger partial charge in [0.05, 0.1) is 12.5 Å². The number of carbonyl (C=O) groups excluding carboxylic acids is 2. The van der Waals surface area contributed by atoms with Gasteiger partial charge in [0, 0.05) is 0 Å². The van der Waals surface area contributed by atoms with E-state index in [9.17, 15) is 9.59 Å². The third-order valence-electron chi connectivity index (χ3n) is 1.84. The summed E-state index contributed by atoms with van der Waals surface area (Å²) >= 11 is 0. The van der Waals surface area contributed by atoms with Crippen LogP contribution in [0.15, 0.2) is 24.3 Å². The number of primary amides is 1. The lowest BCUT2D eigenvalue weighted by molar-refractivity contribution is -0.121. The number of benzene rings is 1. The van der Waals surface area contributed by atoms with Gasteiger partial charge in [0.15, 0.2) is 6.61 Å². The van der Waals surface area contributed by atoms with Crippen molar-refractivity contribution in [3.63, 3.8) is 0 Å². The summed E-state index contributed by atoms with van der Waals surface area (Å²) < 4.78 is 5.10. The van der Waals surface area contributed by atoms with Crippen LogP contribution in [0, 0.1) is 11.3 Å². The van der Waals surface area contributed by atoms with Crippen LogP contribution in [0.5, 0.6) is 5.75 Å². The van der Waals surface area contributed by atoms with E-state index in [2.05, 4.69) is 0 Å². The maximum Gasteiger partial charge on any atom is 0.318 e. The molecule has 6 nitrogen and oxygen atoms in total. The molecule has 3 N–H and O–H groups in total. The van der Waals surface area contributed by atoms with Gasteiger partial charge in [-0.2, -0.15) is 5.26 Å². The van der Waals surface area contributed by atoms with Crippen molar-refractivity contribution < 1.29 is 14.3 Å². The fourth-order valence-electron chi connectivity index (χ4n) is 1.12. The van der Waals surface area contributed by atoms with Gasteiger partial charge in [-0.3, -0.25) is 10.1 Å². The molecule has 0 heterocycles. The van der Waals surface area contributed by atoms with Gasteiger partial charge in [0.25, 0.3) is 5.91 Å². The van der Waals surface area contributed by atoms with Crippen molar-refractivity contribution in [2.24, 2.45) is 5.73 Å². The summed E-state index contributed by atoms with van der Waals surface area (Å²) in [6.45, 7) is -0.291. The number of amides is 3. The van der Waals surface area contributed by atoms with Gasteiger partial charge in [-0.25, -0.2) is 4.79 Å². The summed E-state index contributed by atoms with van der Waals surface area (Å²) in [6, 6.07) is 7.84. The van der Waals surface area contributed by atoms with Crippen LogP contribution >= 0.6 is 0 Å². The van der Waals surface area contributed by atoms with Crippen LogP contribution in [0.3, 0.4) is 0 Å². The van der Waals surface area contributed by atoms with Gasteiger partial charge >= 0.3 is 6.03 Å². The van der Waals surface area contributed by atoms with Crippen molar-refractivity contribution in [2.45, 2.75) is 6.42 Å². The third kappa shape index (κ3) is 4.66. The molecule has 0 aliphatic heterocycles. The Bertz CT molecular complexity index is 448. The Morgan fingerprint density at radius 2 is 2.00 bits per heavy atom. The molecular formula is C11H11N3O3. The minimum Gasteiger partial charge on any atom is -0.484 e. The second kappa shape index (κ2) is 6.12. The van der Waals surface area contributed by atoms with E-state index in [1.54, 1.807) is 24.3 Å². The fraction of sp³-hybridized carbons (Fsp3) is 0.182. The maximum atomic E-state index is 11.0. The second-order valence-corrected chi connectivity index (χ2v) is 3.18. The molecule has 0 unspecified atom stereocenters. The molecule has 1 aromatic carbocycles. The number of carbonyl (C=O) groups is 2. The molecule has 0 saturated heterocycles. The summed E-state index contributed by atoms with van der Waals surface area (Å²) in [7, 11) is 0. The zero-order valence-electron chi connectivity index (χ0n) is 8.97. The van der Waals surface area contributed by atoms with E-state index in [4.69, 9.17) is 15.7 Å². The monoisotopic (exact) mass is 233 g/mol. The highest BCUT2D eigenvalue weighted by Crippen LogP contribution is 2.12. The summed E-state index contributed by atoms with van der Waals surface area (Å²) in [5, 5.41) is 10.3. The third-order valence-corrected chi connectivity index (χ3v) is 1.84. The number of nitrogens with zero attached hydrogens (tertiary/aromatic N) is 1. The molecule has 6 heteroatoms. The zero-order chi connectivity index (χ0) is 12.7. The summed E-state index contributed by atoms with van der Waals surface area (Å²) in [4.78, 5) is 21.4. The first-order valence-corrected chi connectivity index (χ1v) is 4.80. The number of rotatable bonds is 4. The Balaban J connectivity index is 2.45. The molecule has 17 heavy (non-hydrogen) atoms. The van der Waals surface area contributed by atoms with Gasteiger partial charge in [-0.05, 0) is 17.7 Å². The normalized spacial score (nSPS) is 9.12. The number of ether oxygens (including phenoxy) is 1. The van der Waals surface area contributed by atoms with Gasteiger partial charge < -0.3 is 10.5 Å². The van der Waals surface area contributed by atoms with Crippen LogP contribution in [-0.4, -0.2) is 18.5 Å². The molecule has 88 valence electrons. The first-order chi connectivity index (χ1) is 8.11. The molecule has 0 aliphatic rings. The molecule has 1 rings (SSSR count). The van der Waals surface area contributed by atoms with Crippen molar-refractivity contribution in [2.75, 3.05) is 6.61 Å². The first kappa shape index (κ1) is 12.5. The first-order valence-electron chi connectivity index (χ1n) is 4.80. The van der Waals surface area contributed by atoms with Crippen LogP contribution in [0.1, 0.15) is 5.56 Å². The van der Waals surface area contributed by atoms with Gasteiger partial charge in [0.1, 0.15) is 5.75 Å². The van der Waals surface area contributed by atoms with Crippen LogP contribution in [0.2, 0.25) is 0 Å². The molecule has 0 fully saturated rings. The molecule has 0 radical (unpaired) electrons. The fourth-order valence-corrected chi connectivity index (χ4v) is 1.12. The molecule has 3 amide bonds. The van der Waals surface area contributed by atoms with Crippen LogP contribution in [0.4, 0.5) is 4.79 Å². The summed E-state index contributed by atoms with van der Waals surface area (Å²) in [6.07, 6.45) is 0.322. The Morgan fingerprint density at radius 1 is 1.35 bits per heavy atom. The van der Waals surface area contributed by atoms with E-state index in [1.807, 2.05) is 11.4 Å². The van der Waals surface area contributed by atoms with Crippen molar-refractivity contribution in [1.29, 1.82) is 5.26 Å². The minimum absolute atomic E-state index is 0.291. The number of nitrogens with one attached hydrogen (secondary N) is 1. The molecule has 0 aromatic heterocycles. The van der Waals surface area contributed by atoms with Crippen LogP contribution in [0.25, 0.3) is 0 Å². The lowest BCUT2D eigenvalue weighted by atomic mass is 10.2. The van der Waals surface area contributed by atoms with Crippen LogP contribution < -0.4 is 15.8 Å².